The van der Waals surface area contributed by atoms with Crippen LogP contribution in [0.1, 0.15) is 12.5 Å². The number of carbonyl (C=O) groups excluding carboxylic acids is 1. The van der Waals surface area contributed by atoms with E-state index < -0.39 is 22.5 Å². The predicted molar refractivity (Wildman–Crippen MR) is 107 cm³/mol. The van der Waals surface area contributed by atoms with E-state index in [4.69, 9.17) is 23.2 Å². The molecule has 0 aromatic heterocycles. The van der Waals surface area contributed by atoms with Crippen LogP contribution in [0, 0.1) is 0 Å². The molecule has 0 aliphatic heterocycles. The van der Waals surface area contributed by atoms with Crippen LogP contribution < -0.4 is 9.73 Å². The second-order valence-corrected chi connectivity index (χ2v) is 8.34. The van der Waals surface area contributed by atoms with Gasteiger partial charge in [-0.3, -0.25) is 9.10 Å². The summed E-state index contributed by atoms with van der Waals surface area (Å²) < 4.78 is 25.0. The normalized spacial score (nSPS) is 11.9. The SMILES string of the molecule is C/C(=N/NC(=O)CN(c1ccc(Cl)c(Cl)c1)S(C)(=O)=O)c1ccccc1O. The summed E-state index contributed by atoms with van der Waals surface area (Å²) in [6.45, 7) is 1.09. The van der Waals surface area contributed by atoms with Gasteiger partial charge in [-0.1, -0.05) is 35.3 Å². The van der Waals surface area contributed by atoms with E-state index >= 15 is 0 Å². The molecule has 1 amide bonds. The van der Waals surface area contributed by atoms with E-state index in [0.29, 0.717) is 11.3 Å². The van der Waals surface area contributed by atoms with Crippen molar-refractivity contribution in [2.24, 2.45) is 5.10 Å². The van der Waals surface area contributed by atoms with Crippen LogP contribution >= 0.6 is 23.2 Å². The van der Waals surface area contributed by atoms with Crippen molar-refractivity contribution in [3.63, 3.8) is 0 Å². The van der Waals surface area contributed by atoms with E-state index in [1.54, 1.807) is 25.1 Å². The van der Waals surface area contributed by atoms with Crippen LogP contribution in [0.25, 0.3) is 0 Å². The Morgan fingerprint density at radius 1 is 1.19 bits per heavy atom. The summed E-state index contributed by atoms with van der Waals surface area (Å²) in [5, 5.41) is 14.1. The fourth-order valence-corrected chi connectivity index (χ4v) is 3.33. The standard InChI is InChI=1S/C17H17Cl2N3O4S/c1-11(13-5-3-4-6-16(13)23)20-21-17(24)10-22(27(2,25)26)12-7-8-14(18)15(19)9-12/h3-9,23H,10H2,1-2H3,(H,21,24)/b20-11-. The summed E-state index contributed by atoms with van der Waals surface area (Å²) >= 11 is 11.8. The molecule has 27 heavy (non-hydrogen) atoms. The third kappa shape index (κ3) is 5.59. The third-order valence-corrected chi connectivity index (χ3v) is 5.40. The van der Waals surface area contributed by atoms with Crippen LogP contribution in [-0.2, 0) is 14.8 Å². The van der Waals surface area contributed by atoms with Crippen LogP contribution in [0.4, 0.5) is 5.69 Å². The molecule has 0 fully saturated rings. The minimum atomic E-state index is -3.76. The molecular formula is C17H17Cl2N3O4S. The number of carbonyl (C=O) groups is 1. The number of phenols is 1. The average Bonchev–Trinajstić information content (AvgIpc) is 2.59. The molecule has 0 bridgehead atoms. The highest BCUT2D eigenvalue weighted by Crippen LogP contribution is 2.28. The Labute approximate surface area is 167 Å². The van der Waals surface area contributed by atoms with Crippen LogP contribution in [0.5, 0.6) is 5.75 Å². The minimum Gasteiger partial charge on any atom is -0.507 e. The van der Waals surface area contributed by atoms with Gasteiger partial charge in [0.1, 0.15) is 12.3 Å². The van der Waals surface area contributed by atoms with Gasteiger partial charge < -0.3 is 5.11 Å². The molecule has 0 aliphatic carbocycles. The molecular weight excluding hydrogens is 413 g/mol. The van der Waals surface area contributed by atoms with Crippen LogP contribution in [0.15, 0.2) is 47.6 Å². The van der Waals surface area contributed by atoms with E-state index in [1.165, 1.54) is 24.3 Å². The quantitative estimate of drug-likeness (QED) is 0.544. The van der Waals surface area contributed by atoms with Gasteiger partial charge in [0.05, 0.1) is 27.7 Å². The van der Waals surface area contributed by atoms with Gasteiger partial charge in [-0.05, 0) is 37.3 Å². The zero-order chi connectivity index (χ0) is 20.2. The number of amides is 1. The van der Waals surface area contributed by atoms with Gasteiger partial charge >= 0.3 is 0 Å². The Balaban J connectivity index is 2.18. The Kier molecular flexibility index (Phi) is 6.69. The first-order chi connectivity index (χ1) is 12.6. The molecule has 0 spiro atoms. The van der Waals surface area contributed by atoms with Crippen LogP contribution in [0.2, 0.25) is 10.0 Å². The molecule has 2 rings (SSSR count). The zero-order valence-corrected chi connectivity index (χ0v) is 16.8. The number of hydrogen-bond donors (Lipinski definition) is 2. The average molecular weight is 430 g/mol. The molecule has 0 heterocycles. The highest BCUT2D eigenvalue weighted by atomic mass is 35.5. The van der Waals surface area contributed by atoms with Crippen molar-refractivity contribution in [1.29, 1.82) is 0 Å². The number of hydrogen-bond acceptors (Lipinski definition) is 5. The number of hydrazone groups is 1. The van der Waals surface area contributed by atoms with Crippen molar-refractivity contribution in [3.8, 4) is 5.75 Å². The molecule has 2 N–H and O–H groups in total. The molecule has 0 unspecified atom stereocenters. The van der Waals surface area contributed by atoms with Gasteiger partial charge in [-0.15, -0.1) is 0 Å². The molecule has 0 saturated heterocycles. The monoisotopic (exact) mass is 429 g/mol. The molecule has 144 valence electrons. The van der Waals surface area contributed by atoms with Gasteiger partial charge in [-0.2, -0.15) is 5.10 Å². The van der Waals surface area contributed by atoms with Crippen LogP contribution in [-0.4, -0.2) is 37.9 Å². The molecule has 0 atom stereocenters. The first kappa shape index (κ1) is 21.0. The lowest BCUT2D eigenvalue weighted by molar-refractivity contribution is -0.119. The van der Waals surface area contributed by atoms with Crippen molar-refractivity contribution >= 4 is 50.5 Å². The molecule has 7 nitrogen and oxygen atoms in total. The summed E-state index contributed by atoms with van der Waals surface area (Å²) in [5.74, 6) is -0.650. The lowest BCUT2D eigenvalue weighted by Crippen LogP contribution is -2.39. The maximum atomic E-state index is 12.2. The van der Waals surface area contributed by atoms with Gasteiger partial charge in [0.25, 0.3) is 5.91 Å². The largest absolute Gasteiger partial charge is 0.507 e. The number of halogens is 2. The van der Waals surface area contributed by atoms with E-state index in [9.17, 15) is 18.3 Å². The van der Waals surface area contributed by atoms with Crippen molar-refractivity contribution in [2.75, 3.05) is 17.1 Å². The van der Waals surface area contributed by atoms with Crippen molar-refractivity contribution in [1.82, 2.24) is 5.43 Å². The fourth-order valence-electron chi connectivity index (χ4n) is 2.19. The van der Waals surface area contributed by atoms with Gasteiger partial charge in [0.15, 0.2) is 0 Å². The third-order valence-electron chi connectivity index (χ3n) is 3.52. The first-order valence-corrected chi connectivity index (χ1v) is 10.2. The fraction of sp³-hybridized carbons (Fsp3) is 0.176. The molecule has 2 aromatic rings. The van der Waals surface area contributed by atoms with E-state index in [2.05, 4.69) is 10.5 Å². The summed E-state index contributed by atoms with van der Waals surface area (Å²) in [7, 11) is -3.76. The number of para-hydroxylation sites is 1. The summed E-state index contributed by atoms with van der Waals surface area (Å²) in [5.41, 5.74) is 3.29. The number of anilines is 1. The number of phenolic OH excluding ortho intramolecular Hbond substituents is 1. The molecule has 0 radical (unpaired) electrons. The van der Waals surface area contributed by atoms with E-state index in [-0.39, 0.29) is 21.5 Å². The minimum absolute atomic E-state index is 0.0153. The molecule has 0 aliphatic rings. The van der Waals surface area contributed by atoms with Crippen molar-refractivity contribution in [3.05, 3.63) is 58.1 Å². The van der Waals surface area contributed by atoms with Crippen molar-refractivity contribution < 1.29 is 18.3 Å². The number of benzene rings is 2. The van der Waals surface area contributed by atoms with Gasteiger partial charge in [0, 0.05) is 5.56 Å². The Hall–Kier alpha value is -2.29. The lowest BCUT2D eigenvalue weighted by atomic mass is 10.1. The Bertz CT molecular complexity index is 993. The smallest absolute Gasteiger partial charge is 0.260 e. The number of rotatable bonds is 6. The summed E-state index contributed by atoms with van der Waals surface area (Å²) in [4.78, 5) is 12.2. The summed E-state index contributed by atoms with van der Waals surface area (Å²) in [6.07, 6.45) is 0.972. The molecule has 0 saturated carbocycles. The van der Waals surface area contributed by atoms with E-state index in [0.717, 1.165) is 10.6 Å². The second kappa shape index (κ2) is 8.60. The number of nitrogens with one attached hydrogen (secondary N) is 1. The lowest BCUT2D eigenvalue weighted by Gasteiger charge is -2.21. The number of nitrogens with zero attached hydrogens (tertiary/aromatic N) is 2. The Morgan fingerprint density at radius 3 is 2.44 bits per heavy atom. The maximum Gasteiger partial charge on any atom is 0.260 e. The highest BCUT2D eigenvalue weighted by Gasteiger charge is 2.21. The van der Waals surface area contributed by atoms with E-state index in [1.807, 2.05) is 0 Å². The van der Waals surface area contributed by atoms with Crippen molar-refractivity contribution in [2.45, 2.75) is 6.92 Å². The highest BCUT2D eigenvalue weighted by molar-refractivity contribution is 7.92. The number of aromatic hydroxyl groups is 1. The maximum absolute atomic E-state index is 12.2. The first-order valence-electron chi connectivity index (χ1n) is 7.64. The van der Waals surface area contributed by atoms with Gasteiger partial charge in [-0.25, -0.2) is 13.8 Å². The Morgan fingerprint density at radius 2 is 1.85 bits per heavy atom. The zero-order valence-electron chi connectivity index (χ0n) is 14.5. The molecule has 10 heteroatoms. The van der Waals surface area contributed by atoms with Gasteiger partial charge in [0.2, 0.25) is 10.0 Å². The topological polar surface area (TPSA) is 99.1 Å². The second-order valence-electron chi connectivity index (χ2n) is 5.62. The molecule has 2 aromatic carbocycles. The summed E-state index contributed by atoms with van der Waals surface area (Å²) in [6, 6.07) is 10.7. The number of sulfonamides is 1. The predicted octanol–water partition coefficient (Wildman–Crippen LogP) is 3.01. The van der Waals surface area contributed by atoms with Crippen LogP contribution in [0.3, 0.4) is 0 Å².